The van der Waals surface area contributed by atoms with Gasteiger partial charge in [0.25, 0.3) is 5.91 Å². The predicted molar refractivity (Wildman–Crippen MR) is 138 cm³/mol. The van der Waals surface area contributed by atoms with E-state index in [9.17, 15) is 4.79 Å². The van der Waals surface area contributed by atoms with Crippen molar-refractivity contribution in [1.82, 2.24) is 14.9 Å². The van der Waals surface area contributed by atoms with Crippen LogP contribution < -0.4 is 5.32 Å². The van der Waals surface area contributed by atoms with Crippen LogP contribution in [0, 0.1) is 6.92 Å². The Bertz CT molecular complexity index is 1390. The molecule has 2 aromatic heterocycles. The summed E-state index contributed by atoms with van der Waals surface area (Å²) >= 11 is 13.1. The zero-order chi connectivity index (χ0) is 23.8. The molecule has 1 saturated heterocycles. The molecule has 0 bridgehead atoms. The number of carbonyl (C=O) groups is 1. The molecular formula is C26H24Cl2N4O2. The summed E-state index contributed by atoms with van der Waals surface area (Å²) in [4.78, 5) is 23.0. The Balaban J connectivity index is 1.70. The monoisotopic (exact) mass is 494 g/mol. The molecule has 0 aliphatic carbocycles. The van der Waals surface area contributed by atoms with Gasteiger partial charge in [0, 0.05) is 43.0 Å². The highest BCUT2D eigenvalue weighted by molar-refractivity contribution is 6.37. The normalized spacial score (nSPS) is 13.9. The van der Waals surface area contributed by atoms with Gasteiger partial charge < -0.3 is 19.9 Å². The summed E-state index contributed by atoms with van der Waals surface area (Å²) in [5, 5.41) is 5.11. The van der Waals surface area contributed by atoms with Gasteiger partial charge in [0.05, 0.1) is 34.5 Å². The lowest BCUT2D eigenvalue weighted by molar-refractivity contribution is 0.0303. The van der Waals surface area contributed by atoms with E-state index in [4.69, 9.17) is 27.9 Å². The number of rotatable bonds is 4. The van der Waals surface area contributed by atoms with Gasteiger partial charge in [-0.1, -0.05) is 41.4 Å². The van der Waals surface area contributed by atoms with Gasteiger partial charge in [-0.3, -0.25) is 4.79 Å². The molecular weight excluding hydrogens is 471 g/mol. The first-order valence-corrected chi connectivity index (χ1v) is 11.9. The van der Waals surface area contributed by atoms with Crippen molar-refractivity contribution in [3.8, 4) is 22.4 Å². The molecule has 2 aromatic carbocycles. The van der Waals surface area contributed by atoms with Crippen molar-refractivity contribution >= 4 is 45.8 Å². The number of amides is 1. The molecule has 6 nitrogen and oxygen atoms in total. The number of fused-ring (bicyclic) bond motifs is 1. The lowest BCUT2D eigenvalue weighted by Crippen LogP contribution is -2.40. The molecule has 1 fully saturated rings. The first-order valence-electron chi connectivity index (χ1n) is 11.1. The third-order valence-corrected chi connectivity index (χ3v) is 6.87. The summed E-state index contributed by atoms with van der Waals surface area (Å²) in [5.74, 6) is -0.100. The lowest BCUT2D eigenvalue weighted by Gasteiger charge is -2.27. The molecule has 8 heteroatoms. The van der Waals surface area contributed by atoms with E-state index in [1.165, 1.54) is 0 Å². The Morgan fingerprint density at radius 1 is 1.06 bits per heavy atom. The first-order chi connectivity index (χ1) is 16.5. The molecule has 0 spiro atoms. The molecule has 0 saturated carbocycles. The number of hydrogen-bond donors (Lipinski definition) is 2. The summed E-state index contributed by atoms with van der Waals surface area (Å²) in [6.07, 6.45) is 1.68. The highest BCUT2D eigenvalue weighted by Crippen LogP contribution is 2.42. The summed E-state index contributed by atoms with van der Waals surface area (Å²) in [5.41, 5.74) is 6.88. The molecule has 2 N–H and O–H groups in total. The number of ether oxygens (including phenoxy) is 1. The van der Waals surface area contributed by atoms with Gasteiger partial charge in [-0.2, -0.15) is 0 Å². The van der Waals surface area contributed by atoms with Crippen LogP contribution in [0.3, 0.4) is 0 Å². The average molecular weight is 495 g/mol. The Labute approximate surface area is 207 Å². The minimum absolute atomic E-state index is 0.100. The smallest absolute Gasteiger partial charge is 0.255 e. The van der Waals surface area contributed by atoms with Gasteiger partial charge in [0.2, 0.25) is 0 Å². The number of aromatic amines is 1. The number of hydrogen-bond acceptors (Lipinski definition) is 4. The standard InChI is InChI=1S/C26H24Cl2N4O2/c1-15-3-4-16(14-21(15)29-2)22-23-20(28)7-8-30-25(23)31-24(22)17-5-6-19(27)18(13-17)26(33)32-9-11-34-12-10-32/h3-8,13-14,29H,9-12H2,1-2H3,(H,30,31). The van der Waals surface area contributed by atoms with Gasteiger partial charge in [-0.05, 0) is 47.9 Å². The van der Waals surface area contributed by atoms with Crippen molar-refractivity contribution in [2.24, 2.45) is 0 Å². The van der Waals surface area contributed by atoms with Crippen molar-refractivity contribution < 1.29 is 9.53 Å². The average Bonchev–Trinajstić information content (AvgIpc) is 3.26. The number of aryl methyl sites for hydroxylation is 1. The number of morpholine rings is 1. The van der Waals surface area contributed by atoms with E-state index in [2.05, 4.69) is 40.4 Å². The molecule has 0 unspecified atom stereocenters. The lowest BCUT2D eigenvalue weighted by atomic mass is 9.96. The Morgan fingerprint density at radius 2 is 1.82 bits per heavy atom. The van der Waals surface area contributed by atoms with E-state index in [1.54, 1.807) is 23.2 Å². The SMILES string of the molecule is CNc1cc(-c2c(-c3ccc(Cl)c(C(=O)N4CCOCC4)c3)[nH]c3nccc(Cl)c23)ccc1C. The van der Waals surface area contributed by atoms with Crippen molar-refractivity contribution in [3.63, 3.8) is 0 Å². The van der Waals surface area contributed by atoms with E-state index >= 15 is 0 Å². The molecule has 5 rings (SSSR count). The van der Waals surface area contributed by atoms with Crippen LogP contribution in [0.4, 0.5) is 5.69 Å². The van der Waals surface area contributed by atoms with E-state index in [-0.39, 0.29) is 5.91 Å². The molecule has 4 aromatic rings. The zero-order valence-electron chi connectivity index (χ0n) is 18.9. The van der Waals surface area contributed by atoms with Crippen LogP contribution in [0.15, 0.2) is 48.7 Å². The second-order valence-electron chi connectivity index (χ2n) is 8.27. The Hall–Kier alpha value is -3.06. The number of benzene rings is 2. The highest BCUT2D eigenvalue weighted by Gasteiger charge is 2.24. The minimum Gasteiger partial charge on any atom is -0.388 e. The van der Waals surface area contributed by atoms with Gasteiger partial charge >= 0.3 is 0 Å². The molecule has 0 radical (unpaired) electrons. The third kappa shape index (κ3) is 4.02. The van der Waals surface area contributed by atoms with Gasteiger partial charge in [0.15, 0.2) is 0 Å². The van der Waals surface area contributed by atoms with Crippen LogP contribution >= 0.6 is 23.2 Å². The van der Waals surface area contributed by atoms with Crippen LogP contribution in [0.2, 0.25) is 10.0 Å². The van der Waals surface area contributed by atoms with Gasteiger partial charge in [-0.15, -0.1) is 0 Å². The summed E-state index contributed by atoms with van der Waals surface area (Å²) in [7, 11) is 1.90. The maximum atomic E-state index is 13.2. The molecule has 1 aliphatic rings. The van der Waals surface area contributed by atoms with Crippen molar-refractivity contribution in [2.45, 2.75) is 6.92 Å². The second-order valence-corrected chi connectivity index (χ2v) is 9.08. The number of anilines is 1. The fourth-order valence-electron chi connectivity index (χ4n) is 4.41. The minimum atomic E-state index is -0.100. The van der Waals surface area contributed by atoms with Crippen molar-refractivity contribution in [2.75, 3.05) is 38.7 Å². The fraction of sp³-hybridized carbons (Fsp3) is 0.231. The van der Waals surface area contributed by atoms with Crippen LogP contribution in [0.5, 0.6) is 0 Å². The van der Waals surface area contributed by atoms with E-state index in [0.717, 1.165) is 39.0 Å². The highest BCUT2D eigenvalue weighted by atomic mass is 35.5. The molecule has 1 aliphatic heterocycles. The van der Waals surface area contributed by atoms with E-state index in [1.807, 2.05) is 19.2 Å². The van der Waals surface area contributed by atoms with Crippen molar-refractivity contribution in [3.05, 3.63) is 69.8 Å². The Morgan fingerprint density at radius 3 is 2.59 bits per heavy atom. The Kier molecular flexibility index (Phi) is 6.21. The third-order valence-electron chi connectivity index (χ3n) is 6.22. The number of nitrogens with zero attached hydrogens (tertiary/aromatic N) is 2. The van der Waals surface area contributed by atoms with E-state index in [0.29, 0.717) is 47.6 Å². The largest absolute Gasteiger partial charge is 0.388 e. The number of H-pyrrole nitrogens is 1. The fourth-order valence-corrected chi connectivity index (χ4v) is 4.85. The number of nitrogens with one attached hydrogen (secondary N) is 2. The molecule has 174 valence electrons. The number of carbonyl (C=O) groups excluding carboxylic acids is 1. The summed E-state index contributed by atoms with van der Waals surface area (Å²) in [6, 6.07) is 13.5. The zero-order valence-corrected chi connectivity index (χ0v) is 20.4. The molecule has 3 heterocycles. The maximum Gasteiger partial charge on any atom is 0.255 e. The van der Waals surface area contributed by atoms with Gasteiger partial charge in [0.1, 0.15) is 5.65 Å². The molecule has 0 atom stereocenters. The quantitative estimate of drug-likeness (QED) is 0.363. The molecule has 34 heavy (non-hydrogen) atoms. The first kappa shape index (κ1) is 22.7. The van der Waals surface area contributed by atoms with Gasteiger partial charge in [-0.25, -0.2) is 4.98 Å². The number of pyridine rings is 1. The van der Waals surface area contributed by atoms with Crippen LogP contribution in [0.1, 0.15) is 15.9 Å². The van der Waals surface area contributed by atoms with Crippen LogP contribution in [0.25, 0.3) is 33.4 Å². The number of aromatic nitrogens is 2. The van der Waals surface area contributed by atoms with Crippen LogP contribution in [-0.4, -0.2) is 54.1 Å². The maximum absolute atomic E-state index is 13.2. The topological polar surface area (TPSA) is 70.2 Å². The summed E-state index contributed by atoms with van der Waals surface area (Å²) in [6.45, 7) is 4.21. The summed E-state index contributed by atoms with van der Waals surface area (Å²) < 4.78 is 5.39. The second kappa shape index (κ2) is 9.29. The van der Waals surface area contributed by atoms with Crippen LogP contribution in [-0.2, 0) is 4.74 Å². The predicted octanol–water partition coefficient (Wildman–Crippen LogP) is 6.03. The number of halogens is 2. The molecule has 1 amide bonds. The van der Waals surface area contributed by atoms with Crippen molar-refractivity contribution in [1.29, 1.82) is 0 Å². The van der Waals surface area contributed by atoms with E-state index < -0.39 is 0 Å².